The second kappa shape index (κ2) is 8.11. The monoisotopic (exact) mass is 330 g/mol. The van der Waals surface area contributed by atoms with Gasteiger partial charge < -0.3 is 10.1 Å². The number of aromatic nitrogens is 1. The number of nitrogens with zero attached hydrogens (tertiary/aromatic N) is 1. The minimum Gasteiger partial charge on any atom is -0.490 e. The highest BCUT2D eigenvalue weighted by Gasteiger charge is 2.15. The standard InChI is InChI=1S/C18H22N2O2S/c21-18(20-10-11-22-15-7-5-9-19-13-15)17-12-14-6-3-1-2-4-8-16(14)23-17/h5,7,9,12-13H,1-4,6,8,10-11H2,(H,20,21). The molecule has 0 fully saturated rings. The number of carbonyl (C=O) groups is 1. The Hall–Kier alpha value is -1.88. The van der Waals surface area contributed by atoms with E-state index in [-0.39, 0.29) is 5.91 Å². The molecule has 2 aromatic heterocycles. The molecule has 2 aromatic rings. The van der Waals surface area contributed by atoms with Crippen molar-refractivity contribution in [2.45, 2.75) is 38.5 Å². The molecule has 0 saturated carbocycles. The highest BCUT2D eigenvalue weighted by Crippen LogP contribution is 2.28. The molecule has 1 amide bonds. The number of thiophene rings is 1. The van der Waals surface area contributed by atoms with Crippen LogP contribution in [-0.2, 0) is 12.8 Å². The molecular formula is C18H22N2O2S. The lowest BCUT2D eigenvalue weighted by Crippen LogP contribution is -2.27. The van der Waals surface area contributed by atoms with Crippen molar-refractivity contribution >= 4 is 17.2 Å². The molecule has 0 atom stereocenters. The third kappa shape index (κ3) is 4.55. The minimum absolute atomic E-state index is 0.0107. The number of pyridine rings is 1. The van der Waals surface area contributed by atoms with Gasteiger partial charge in [-0.1, -0.05) is 12.8 Å². The van der Waals surface area contributed by atoms with Crippen molar-refractivity contribution in [1.29, 1.82) is 0 Å². The van der Waals surface area contributed by atoms with Gasteiger partial charge in [0.25, 0.3) is 5.91 Å². The van der Waals surface area contributed by atoms with Crippen LogP contribution in [-0.4, -0.2) is 24.0 Å². The Balaban J connectivity index is 1.49. The number of hydrogen-bond donors (Lipinski definition) is 1. The number of carbonyl (C=O) groups excluding carboxylic acids is 1. The summed E-state index contributed by atoms with van der Waals surface area (Å²) in [4.78, 5) is 18.5. The van der Waals surface area contributed by atoms with Crippen molar-refractivity contribution in [3.8, 4) is 5.75 Å². The van der Waals surface area contributed by atoms with Crippen molar-refractivity contribution in [1.82, 2.24) is 10.3 Å². The lowest BCUT2D eigenvalue weighted by Gasteiger charge is -2.07. The van der Waals surface area contributed by atoms with E-state index < -0.39 is 0 Å². The fourth-order valence-electron chi connectivity index (χ4n) is 2.81. The Morgan fingerprint density at radius 2 is 2.13 bits per heavy atom. The summed E-state index contributed by atoms with van der Waals surface area (Å²) in [5.74, 6) is 0.734. The molecule has 0 aliphatic heterocycles. The van der Waals surface area contributed by atoms with Gasteiger partial charge in [-0.25, -0.2) is 0 Å². The van der Waals surface area contributed by atoms with Crippen molar-refractivity contribution in [2.75, 3.05) is 13.2 Å². The molecule has 0 bridgehead atoms. The lowest BCUT2D eigenvalue weighted by molar-refractivity contribution is 0.0951. The fraction of sp³-hybridized carbons (Fsp3) is 0.444. The number of fused-ring (bicyclic) bond motifs is 1. The van der Waals surface area contributed by atoms with Gasteiger partial charge in [0, 0.05) is 11.1 Å². The number of amides is 1. The van der Waals surface area contributed by atoms with Gasteiger partial charge in [-0.2, -0.15) is 0 Å². The number of nitrogens with one attached hydrogen (secondary N) is 1. The average Bonchev–Trinajstić information content (AvgIpc) is 2.95. The maximum Gasteiger partial charge on any atom is 0.261 e. The molecule has 23 heavy (non-hydrogen) atoms. The molecule has 0 aromatic carbocycles. The highest BCUT2D eigenvalue weighted by molar-refractivity contribution is 7.14. The first-order valence-corrected chi connectivity index (χ1v) is 9.07. The molecule has 4 nitrogen and oxygen atoms in total. The van der Waals surface area contributed by atoms with Crippen LogP contribution in [0.5, 0.6) is 5.75 Å². The summed E-state index contributed by atoms with van der Waals surface area (Å²) >= 11 is 1.66. The average molecular weight is 330 g/mol. The van der Waals surface area contributed by atoms with E-state index in [1.54, 1.807) is 23.7 Å². The molecule has 122 valence electrons. The van der Waals surface area contributed by atoms with Gasteiger partial charge in [-0.15, -0.1) is 11.3 Å². The van der Waals surface area contributed by atoms with E-state index >= 15 is 0 Å². The first-order valence-electron chi connectivity index (χ1n) is 8.25. The first kappa shape index (κ1) is 16.0. The highest BCUT2D eigenvalue weighted by atomic mass is 32.1. The molecular weight excluding hydrogens is 308 g/mol. The second-order valence-electron chi connectivity index (χ2n) is 5.77. The molecule has 0 spiro atoms. The molecule has 0 radical (unpaired) electrons. The second-order valence-corrected chi connectivity index (χ2v) is 6.90. The van der Waals surface area contributed by atoms with Gasteiger partial charge in [-0.3, -0.25) is 9.78 Å². The maximum absolute atomic E-state index is 12.3. The first-order chi connectivity index (χ1) is 11.3. The molecule has 3 rings (SSSR count). The van der Waals surface area contributed by atoms with Crippen LogP contribution in [0.2, 0.25) is 0 Å². The van der Waals surface area contributed by atoms with Crippen molar-refractivity contribution in [3.05, 3.63) is 45.9 Å². The molecule has 1 aliphatic rings. The van der Waals surface area contributed by atoms with Crippen LogP contribution in [0.15, 0.2) is 30.6 Å². The quantitative estimate of drug-likeness (QED) is 0.852. The molecule has 5 heteroatoms. The molecule has 1 N–H and O–H groups in total. The van der Waals surface area contributed by atoms with Crippen LogP contribution < -0.4 is 10.1 Å². The fourth-order valence-corrected chi connectivity index (χ4v) is 3.98. The Morgan fingerprint density at radius 3 is 2.96 bits per heavy atom. The molecule has 2 heterocycles. The summed E-state index contributed by atoms with van der Waals surface area (Å²) in [7, 11) is 0. The summed E-state index contributed by atoms with van der Waals surface area (Å²) in [6.07, 6.45) is 10.7. The SMILES string of the molecule is O=C(NCCOc1cccnc1)c1cc2c(s1)CCCCCC2. The van der Waals surface area contributed by atoms with E-state index in [0.717, 1.165) is 23.5 Å². The summed E-state index contributed by atoms with van der Waals surface area (Å²) in [6, 6.07) is 5.77. The zero-order chi connectivity index (χ0) is 15.9. The summed E-state index contributed by atoms with van der Waals surface area (Å²) in [5, 5.41) is 2.94. The number of ether oxygens (including phenoxy) is 1. The van der Waals surface area contributed by atoms with Gasteiger partial charge in [0.05, 0.1) is 17.6 Å². The van der Waals surface area contributed by atoms with Gasteiger partial charge in [-0.05, 0) is 49.4 Å². The van der Waals surface area contributed by atoms with Crippen LogP contribution in [0.4, 0.5) is 0 Å². The summed E-state index contributed by atoms with van der Waals surface area (Å²) in [6.45, 7) is 0.943. The predicted molar refractivity (Wildman–Crippen MR) is 92.3 cm³/mol. The Kier molecular flexibility index (Phi) is 5.64. The van der Waals surface area contributed by atoms with Gasteiger partial charge in [0.1, 0.15) is 12.4 Å². The van der Waals surface area contributed by atoms with Crippen molar-refractivity contribution in [3.63, 3.8) is 0 Å². The predicted octanol–water partition coefficient (Wildman–Crippen LogP) is 3.61. The molecule has 1 aliphatic carbocycles. The zero-order valence-electron chi connectivity index (χ0n) is 13.2. The molecule has 0 unspecified atom stereocenters. The Bertz CT molecular complexity index is 614. The lowest BCUT2D eigenvalue weighted by atomic mass is 10.00. The smallest absolute Gasteiger partial charge is 0.261 e. The van der Waals surface area contributed by atoms with E-state index in [1.807, 2.05) is 12.1 Å². The van der Waals surface area contributed by atoms with E-state index in [1.165, 1.54) is 36.1 Å². The van der Waals surface area contributed by atoms with E-state index in [4.69, 9.17) is 4.74 Å². The normalized spacial score (nSPS) is 14.4. The maximum atomic E-state index is 12.3. The molecule has 0 saturated heterocycles. The summed E-state index contributed by atoms with van der Waals surface area (Å²) in [5.41, 5.74) is 1.38. The van der Waals surface area contributed by atoms with E-state index in [2.05, 4.69) is 16.4 Å². The van der Waals surface area contributed by atoms with E-state index in [0.29, 0.717) is 13.2 Å². The third-order valence-corrected chi connectivity index (χ3v) is 5.25. The summed E-state index contributed by atoms with van der Waals surface area (Å²) < 4.78 is 5.53. The number of hydrogen-bond acceptors (Lipinski definition) is 4. The Labute approximate surface area is 140 Å². The topological polar surface area (TPSA) is 51.2 Å². The van der Waals surface area contributed by atoms with Crippen LogP contribution in [0.3, 0.4) is 0 Å². The van der Waals surface area contributed by atoms with Crippen LogP contribution in [0.25, 0.3) is 0 Å². The van der Waals surface area contributed by atoms with Gasteiger partial charge >= 0.3 is 0 Å². The third-order valence-electron chi connectivity index (χ3n) is 4.01. The van der Waals surface area contributed by atoms with Gasteiger partial charge in [0.2, 0.25) is 0 Å². The number of rotatable bonds is 5. The Morgan fingerprint density at radius 1 is 1.26 bits per heavy atom. The van der Waals surface area contributed by atoms with Crippen LogP contribution >= 0.6 is 11.3 Å². The van der Waals surface area contributed by atoms with Crippen molar-refractivity contribution in [2.24, 2.45) is 0 Å². The largest absolute Gasteiger partial charge is 0.490 e. The van der Waals surface area contributed by atoms with Crippen molar-refractivity contribution < 1.29 is 9.53 Å². The number of aryl methyl sites for hydroxylation is 2. The zero-order valence-corrected chi connectivity index (χ0v) is 14.0. The van der Waals surface area contributed by atoms with Gasteiger partial charge in [0.15, 0.2) is 0 Å². The minimum atomic E-state index is 0.0107. The van der Waals surface area contributed by atoms with Crippen LogP contribution in [0.1, 0.15) is 45.8 Å². The van der Waals surface area contributed by atoms with Crippen LogP contribution in [0, 0.1) is 0 Å². The van der Waals surface area contributed by atoms with E-state index in [9.17, 15) is 4.79 Å².